The smallest absolute Gasteiger partial charge is 0.0698 e. The molecule has 1 nitrogen and oxygen atoms in total. The van der Waals surface area contributed by atoms with Gasteiger partial charge >= 0.3 is 0 Å². The topological polar surface area (TPSA) is 20.2 Å². The minimum atomic E-state index is -0.374. The van der Waals surface area contributed by atoms with Gasteiger partial charge in [-0.05, 0) is 37.0 Å². The zero-order valence-corrected chi connectivity index (χ0v) is 9.12. The molecule has 0 radical (unpaired) electrons. The van der Waals surface area contributed by atoms with Crippen LogP contribution < -0.4 is 0 Å². The molecule has 0 spiro atoms. The van der Waals surface area contributed by atoms with Crippen molar-refractivity contribution in [2.45, 2.75) is 33.3 Å². The van der Waals surface area contributed by atoms with E-state index in [9.17, 15) is 5.11 Å². The normalized spacial score (nSPS) is 14.1. The summed E-state index contributed by atoms with van der Waals surface area (Å²) in [5.74, 6) is 0. The Morgan fingerprint density at radius 1 is 1.36 bits per heavy atom. The lowest BCUT2D eigenvalue weighted by atomic mass is 10.0. The molecule has 1 aromatic carbocycles. The van der Waals surface area contributed by atoms with Crippen molar-refractivity contribution in [1.82, 2.24) is 0 Å². The second-order valence-corrected chi connectivity index (χ2v) is 3.64. The van der Waals surface area contributed by atoms with Gasteiger partial charge in [0.15, 0.2) is 0 Å². The molecular weight excluding hydrogens is 172 g/mol. The molecule has 0 heterocycles. The number of hydrogen-bond acceptors (Lipinski definition) is 1. The molecule has 0 amide bonds. The first-order chi connectivity index (χ1) is 6.63. The lowest BCUT2D eigenvalue weighted by Gasteiger charge is -2.04. The Labute approximate surface area is 86.1 Å². The summed E-state index contributed by atoms with van der Waals surface area (Å²) in [6, 6.07) is 8.48. The highest BCUT2D eigenvalue weighted by Gasteiger charge is 1.97. The fourth-order valence-electron chi connectivity index (χ4n) is 1.46. The van der Waals surface area contributed by atoms with Crippen molar-refractivity contribution >= 4 is 5.57 Å². The fourth-order valence-corrected chi connectivity index (χ4v) is 1.46. The standard InChI is InChI=1S/C13H18O/c1-4-12-5-7-13(8-6-12)10(2)9-11(3)14/h5-9,11,14H,4H2,1-3H3/b10-9+. The van der Waals surface area contributed by atoms with Gasteiger partial charge in [0.2, 0.25) is 0 Å². The van der Waals surface area contributed by atoms with Crippen molar-refractivity contribution in [3.63, 3.8) is 0 Å². The first-order valence-corrected chi connectivity index (χ1v) is 5.09. The number of allylic oxidation sites excluding steroid dienone is 1. The van der Waals surface area contributed by atoms with Crippen molar-refractivity contribution in [2.75, 3.05) is 0 Å². The summed E-state index contributed by atoms with van der Waals surface area (Å²) in [7, 11) is 0. The number of aryl methyl sites for hydroxylation is 1. The van der Waals surface area contributed by atoms with Gasteiger partial charge in [-0.3, -0.25) is 0 Å². The predicted octanol–water partition coefficient (Wildman–Crippen LogP) is 3.03. The average molecular weight is 190 g/mol. The third-order valence-electron chi connectivity index (χ3n) is 2.31. The van der Waals surface area contributed by atoms with Crippen LogP contribution in [0.4, 0.5) is 0 Å². The number of hydrogen-bond donors (Lipinski definition) is 1. The van der Waals surface area contributed by atoms with Gasteiger partial charge in [0.05, 0.1) is 6.10 Å². The van der Waals surface area contributed by atoms with Crippen LogP contribution in [0.25, 0.3) is 5.57 Å². The van der Waals surface area contributed by atoms with Crippen LogP contribution in [-0.4, -0.2) is 11.2 Å². The number of rotatable bonds is 3. The molecule has 0 aromatic heterocycles. The molecule has 1 N–H and O–H groups in total. The third-order valence-corrected chi connectivity index (χ3v) is 2.31. The van der Waals surface area contributed by atoms with Crippen molar-refractivity contribution in [1.29, 1.82) is 0 Å². The quantitative estimate of drug-likeness (QED) is 0.776. The van der Waals surface area contributed by atoms with Crippen LogP contribution in [0.15, 0.2) is 30.3 Å². The lowest BCUT2D eigenvalue weighted by molar-refractivity contribution is 0.244. The Kier molecular flexibility index (Phi) is 3.90. The average Bonchev–Trinajstić information content (AvgIpc) is 2.17. The van der Waals surface area contributed by atoms with E-state index in [1.165, 1.54) is 11.1 Å². The fraction of sp³-hybridized carbons (Fsp3) is 0.385. The van der Waals surface area contributed by atoms with Crippen LogP contribution in [-0.2, 0) is 6.42 Å². The Hall–Kier alpha value is -1.08. The van der Waals surface area contributed by atoms with Gasteiger partial charge in [-0.15, -0.1) is 0 Å². The molecule has 14 heavy (non-hydrogen) atoms. The Morgan fingerprint density at radius 2 is 1.93 bits per heavy atom. The molecule has 1 unspecified atom stereocenters. The molecule has 0 fully saturated rings. The van der Waals surface area contributed by atoms with Crippen molar-refractivity contribution in [2.24, 2.45) is 0 Å². The van der Waals surface area contributed by atoms with Crippen LogP contribution in [0.5, 0.6) is 0 Å². The summed E-state index contributed by atoms with van der Waals surface area (Å²) in [4.78, 5) is 0. The summed E-state index contributed by atoms with van der Waals surface area (Å²) in [6.07, 6.45) is 2.56. The maximum absolute atomic E-state index is 9.21. The molecule has 1 rings (SSSR count). The summed E-state index contributed by atoms with van der Waals surface area (Å²) in [5, 5.41) is 9.21. The van der Waals surface area contributed by atoms with Crippen molar-refractivity contribution < 1.29 is 5.11 Å². The molecule has 0 aliphatic carbocycles. The van der Waals surface area contributed by atoms with E-state index in [-0.39, 0.29) is 6.10 Å². The summed E-state index contributed by atoms with van der Waals surface area (Å²) < 4.78 is 0. The molecule has 0 aliphatic rings. The van der Waals surface area contributed by atoms with E-state index in [1.54, 1.807) is 6.92 Å². The summed E-state index contributed by atoms with van der Waals surface area (Å²) in [6.45, 7) is 5.94. The molecule has 1 aromatic rings. The highest BCUT2D eigenvalue weighted by Crippen LogP contribution is 2.15. The van der Waals surface area contributed by atoms with E-state index in [0.717, 1.165) is 12.0 Å². The monoisotopic (exact) mass is 190 g/mol. The summed E-state index contributed by atoms with van der Waals surface area (Å²) >= 11 is 0. The van der Waals surface area contributed by atoms with Crippen LogP contribution in [0.3, 0.4) is 0 Å². The SMILES string of the molecule is CCc1ccc(/C(C)=C/C(C)O)cc1. The van der Waals surface area contributed by atoms with E-state index < -0.39 is 0 Å². The highest BCUT2D eigenvalue weighted by atomic mass is 16.3. The largest absolute Gasteiger partial charge is 0.389 e. The number of aliphatic hydroxyl groups is 1. The van der Waals surface area contributed by atoms with Gasteiger partial charge in [0.1, 0.15) is 0 Å². The zero-order valence-electron chi connectivity index (χ0n) is 9.12. The van der Waals surface area contributed by atoms with Crippen LogP contribution in [0.1, 0.15) is 31.9 Å². The van der Waals surface area contributed by atoms with Gasteiger partial charge in [0.25, 0.3) is 0 Å². The number of benzene rings is 1. The van der Waals surface area contributed by atoms with Crippen LogP contribution in [0.2, 0.25) is 0 Å². The van der Waals surface area contributed by atoms with Crippen LogP contribution >= 0.6 is 0 Å². The van der Waals surface area contributed by atoms with Crippen molar-refractivity contribution in [3.05, 3.63) is 41.5 Å². The Bertz CT molecular complexity index is 307. The van der Waals surface area contributed by atoms with Crippen molar-refractivity contribution in [3.8, 4) is 0 Å². The van der Waals surface area contributed by atoms with Gasteiger partial charge in [-0.2, -0.15) is 0 Å². The van der Waals surface area contributed by atoms with E-state index in [1.807, 2.05) is 13.0 Å². The summed E-state index contributed by atoms with van der Waals surface area (Å²) in [5.41, 5.74) is 3.66. The second-order valence-electron chi connectivity index (χ2n) is 3.64. The first kappa shape index (κ1) is 11.0. The van der Waals surface area contributed by atoms with E-state index in [2.05, 4.69) is 31.2 Å². The molecule has 1 heteroatoms. The second kappa shape index (κ2) is 4.97. The predicted molar refractivity (Wildman–Crippen MR) is 61.2 cm³/mol. The molecular formula is C13H18O. The Balaban J connectivity index is 2.86. The maximum Gasteiger partial charge on any atom is 0.0698 e. The maximum atomic E-state index is 9.21. The first-order valence-electron chi connectivity index (χ1n) is 5.09. The molecule has 0 bridgehead atoms. The Morgan fingerprint density at radius 3 is 2.36 bits per heavy atom. The lowest BCUT2D eigenvalue weighted by Crippen LogP contribution is -1.94. The molecule has 0 aliphatic heterocycles. The highest BCUT2D eigenvalue weighted by molar-refractivity contribution is 5.64. The van der Waals surface area contributed by atoms with E-state index >= 15 is 0 Å². The zero-order chi connectivity index (χ0) is 10.6. The van der Waals surface area contributed by atoms with Gasteiger partial charge in [0, 0.05) is 0 Å². The molecule has 76 valence electrons. The van der Waals surface area contributed by atoms with E-state index in [0.29, 0.717) is 0 Å². The molecule has 1 atom stereocenters. The molecule has 0 saturated carbocycles. The molecule has 0 saturated heterocycles. The minimum Gasteiger partial charge on any atom is -0.389 e. The third kappa shape index (κ3) is 3.00. The van der Waals surface area contributed by atoms with E-state index in [4.69, 9.17) is 0 Å². The number of aliphatic hydroxyl groups excluding tert-OH is 1. The minimum absolute atomic E-state index is 0.374. The van der Waals surface area contributed by atoms with Gasteiger partial charge in [-0.25, -0.2) is 0 Å². The van der Waals surface area contributed by atoms with Crippen LogP contribution in [0, 0.1) is 0 Å². The van der Waals surface area contributed by atoms with Gasteiger partial charge in [-0.1, -0.05) is 37.3 Å². The van der Waals surface area contributed by atoms with Gasteiger partial charge < -0.3 is 5.11 Å².